The molecule has 3 heteroatoms. The molecule has 3 unspecified atom stereocenters. The van der Waals surface area contributed by atoms with E-state index in [-0.39, 0.29) is 0 Å². The third kappa shape index (κ3) is 2.64. The largest absolute Gasteiger partial charge is 0.312 e. The lowest BCUT2D eigenvalue weighted by molar-refractivity contribution is 0.340. The third-order valence-electron chi connectivity index (χ3n) is 4.06. The van der Waals surface area contributed by atoms with Crippen LogP contribution in [-0.4, -0.2) is 22.4 Å². The van der Waals surface area contributed by atoms with Crippen molar-refractivity contribution in [1.29, 1.82) is 0 Å². The molecule has 0 amide bonds. The summed E-state index contributed by atoms with van der Waals surface area (Å²) >= 11 is 0. The Morgan fingerprint density at radius 3 is 2.94 bits per heavy atom. The summed E-state index contributed by atoms with van der Waals surface area (Å²) < 4.78 is 1.99. The number of hydrogen-bond acceptors (Lipinski definition) is 2. The summed E-state index contributed by atoms with van der Waals surface area (Å²) in [6, 6.07) is 2.70. The van der Waals surface area contributed by atoms with E-state index in [1.807, 2.05) is 23.1 Å². The predicted octanol–water partition coefficient (Wildman–Crippen LogP) is 2.30. The first-order valence-electron chi connectivity index (χ1n) is 6.52. The Morgan fingerprint density at radius 2 is 2.31 bits per heavy atom. The van der Waals surface area contributed by atoms with Crippen LogP contribution in [0, 0.1) is 11.8 Å². The van der Waals surface area contributed by atoms with E-state index in [2.05, 4.69) is 24.3 Å². The minimum absolute atomic E-state index is 0.723. The molecule has 1 aromatic rings. The topological polar surface area (TPSA) is 29.9 Å². The summed E-state index contributed by atoms with van der Waals surface area (Å²) in [4.78, 5) is 0. The van der Waals surface area contributed by atoms with Gasteiger partial charge in [-0.1, -0.05) is 20.3 Å². The maximum atomic E-state index is 4.21. The minimum atomic E-state index is 0.723. The summed E-state index contributed by atoms with van der Waals surface area (Å²) in [7, 11) is 0. The highest BCUT2D eigenvalue weighted by Crippen LogP contribution is 2.33. The quantitative estimate of drug-likeness (QED) is 0.827. The smallest absolute Gasteiger partial charge is 0.0534 e. The van der Waals surface area contributed by atoms with Crippen molar-refractivity contribution >= 4 is 0 Å². The van der Waals surface area contributed by atoms with E-state index in [0.29, 0.717) is 0 Å². The molecule has 1 N–H and O–H groups in total. The second kappa shape index (κ2) is 5.48. The van der Waals surface area contributed by atoms with Crippen LogP contribution >= 0.6 is 0 Å². The highest BCUT2D eigenvalue weighted by molar-refractivity contribution is 4.86. The molecular formula is C13H23N3. The van der Waals surface area contributed by atoms with Gasteiger partial charge in [-0.15, -0.1) is 0 Å². The van der Waals surface area contributed by atoms with Crippen LogP contribution in [0.2, 0.25) is 0 Å². The van der Waals surface area contributed by atoms with Gasteiger partial charge >= 0.3 is 0 Å². The van der Waals surface area contributed by atoms with Crippen LogP contribution < -0.4 is 5.32 Å². The summed E-state index contributed by atoms with van der Waals surface area (Å²) in [6.45, 7) is 6.72. The van der Waals surface area contributed by atoms with Crippen LogP contribution in [0.5, 0.6) is 0 Å². The van der Waals surface area contributed by atoms with Crippen molar-refractivity contribution < 1.29 is 0 Å². The Morgan fingerprint density at radius 1 is 1.44 bits per heavy atom. The molecule has 1 aliphatic rings. The van der Waals surface area contributed by atoms with Crippen LogP contribution in [0.3, 0.4) is 0 Å². The summed E-state index contributed by atoms with van der Waals surface area (Å²) in [5.74, 6) is 1.77. The first-order valence-corrected chi connectivity index (χ1v) is 6.52. The SMILES string of the molecule is CCC1CCC(NCCn2cccn2)C1C. The van der Waals surface area contributed by atoms with Crippen LogP contribution in [0.1, 0.15) is 33.1 Å². The highest BCUT2D eigenvalue weighted by atomic mass is 15.3. The van der Waals surface area contributed by atoms with Crippen molar-refractivity contribution in [2.45, 2.75) is 45.7 Å². The van der Waals surface area contributed by atoms with Crippen molar-refractivity contribution in [3.63, 3.8) is 0 Å². The third-order valence-corrected chi connectivity index (χ3v) is 4.06. The lowest BCUT2D eigenvalue weighted by atomic mass is 9.93. The van der Waals surface area contributed by atoms with Gasteiger partial charge in [0.15, 0.2) is 0 Å². The van der Waals surface area contributed by atoms with Gasteiger partial charge in [0, 0.05) is 25.0 Å². The zero-order valence-electron chi connectivity index (χ0n) is 10.4. The standard InChI is InChI=1S/C13H23N3/c1-3-12-5-6-13(11(12)2)14-8-10-16-9-4-7-15-16/h4,7,9,11-14H,3,5-6,8,10H2,1-2H3. The normalized spacial score (nSPS) is 29.8. The molecule has 3 atom stereocenters. The van der Waals surface area contributed by atoms with Crippen molar-refractivity contribution in [2.24, 2.45) is 11.8 Å². The van der Waals surface area contributed by atoms with E-state index in [1.54, 1.807) is 0 Å². The monoisotopic (exact) mass is 221 g/mol. The van der Waals surface area contributed by atoms with Gasteiger partial charge in [-0.2, -0.15) is 5.10 Å². The fourth-order valence-corrected chi connectivity index (χ4v) is 2.91. The van der Waals surface area contributed by atoms with Crippen LogP contribution in [0.25, 0.3) is 0 Å². The molecule has 0 bridgehead atoms. The number of aromatic nitrogens is 2. The molecule has 1 fully saturated rings. The van der Waals surface area contributed by atoms with Crippen LogP contribution in [-0.2, 0) is 6.54 Å². The molecule has 0 saturated heterocycles. The molecule has 3 nitrogen and oxygen atoms in total. The molecular weight excluding hydrogens is 198 g/mol. The molecule has 0 radical (unpaired) electrons. The van der Waals surface area contributed by atoms with Crippen molar-refractivity contribution in [1.82, 2.24) is 15.1 Å². The fraction of sp³-hybridized carbons (Fsp3) is 0.769. The van der Waals surface area contributed by atoms with Gasteiger partial charge in [-0.25, -0.2) is 0 Å². The van der Waals surface area contributed by atoms with E-state index in [4.69, 9.17) is 0 Å². The Labute approximate surface area is 98.2 Å². The molecule has 1 aliphatic carbocycles. The Hall–Kier alpha value is -0.830. The lowest BCUT2D eigenvalue weighted by Gasteiger charge is -2.21. The Balaban J connectivity index is 1.71. The molecule has 2 rings (SSSR count). The number of nitrogens with one attached hydrogen (secondary N) is 1. The van der Waals surface area contributed by atoms with E-state index in [1.165, 1.54) is 19.3 Å². The zero-order chi connectivity index (χ0) is 11.4. The van der Waals surface area contributed by atoms with Crippen molar-refractivity contribution in [3.05, 3.63) is 18.5 Å². The maximum Gasteiger partial charge on any atom is 0.0534 e. The van der Waals surface area contributed by atoms with Gasteiger partial charge in [-0.3, -0.25) is 4.68 Å². The van der Waals surface area contributed by atoms with E-state index in [0.717, 1.165) is 31.0 Å². The summed E-state index contributed by atoms with van der Waals surface area (Å²) in [5.41, 5.74) is 0. The van der Waals surface area contributed by atoms with E-state index < -0.39 is 0 Å². The summed E-state index contributed by atoms with van der Waals surface area (Å²) in [5, 5.41) is 7.88. The Kier molecular flexibility index (Phi) is 3.99. The second-order valence-corrected chi connectivity index (χ2v) is 4.93. The number of hydrogen-bond donors (Lipinski definition) is 1. The van der Waals surface area contributed by atoms with Crippen molar-refractivity contribution in [2.75, 3.05) is 6.54 Å². The fourth-order valence-electron chi connectivity index (χ4n) is 2.91. The average Bonchev–Trinajstić information content (AvgIpc) is 2.90. The van der Waals surface area contributed by atoms with Crippen LogP contribution in [0.4, 0.5) is 0 Å². The van der Waals surface area contributed by atoms with Gasteiger partial charge in [0.2, 0.25) is 0 Å². The molecule has 0 aromatic carbocycles. The predicted molar refractivity (Wildman–Crippen MR) is 66.2 cm³/mol. The molecule has 0 spiro atoms. The summed E-state index contributed by atoms with van der Waals surface area (Å²) in [6.07, 6.45) is 7.94. The maximum absolute atomic E-state index is 4.21. The lowest BCUT2D eigenvalue weighted by Crippen LogP contribution is -2.35. The highest BCUT2D eigenvalue weighted by Gasteiger charge is 2.30. The molecule has 16 heavy (non-hydrogen) atoms. The number of nitrogens with zero attached hydrogens (tertiary/aromatic N) is 2. The molecule has 1 saturated carbocycles. The molecule has 1 aromatic heterocycles. The average molecular weight is 221 g/mol. The minimum Gasteiger partial charge on any atom is -0.312 e. The zero-order valence-corrected chi connectivity index (χ0v) is 10.4. The molecule has 90 valence electrons. The second-order valence-electron chi connectivity index (χ2n) is 4.93. The van der Waals surface area contributed by atoms with Gasteiger partial charge in [0.05, 0.1) is 6.54 Å². The molecule has 0 aliphatic heterocycles. The van der Waals surface area contributed by atoms with Crippen LogP contribution in [0.15, 0.2) is 18.5 Å². The van der Waals surface area contributed by atoms with Gasteiger partial charge < -0.3 is 5.32 Å². The van der Waals surface area contributed by atoms with Gasteiger partial charge in [0.1, 0.15) is 0 Å². The van der Waals surface area contributed by atoms with E-state index >= 15 is 0 Å². The molecule has 1 heterocycles. The first kappa shape index (κ1) is 11.6. The Bertz CT molecular complexity index is 294. The van der Waals surface area contributed by atoms with Crippen molar-refractivity contribution in [3.8, 4) is 0 Å². The van der Waals surface area contributed by atoms with E-state index in [9.17, 15) is 0 Å². The number of rotatable bonds is 5. The van der Waals surface area contributed by atoms with Gasteiger partial charge in [0.25, 0.3) is 0 Å². The van der Waals surface area contributed by atoms with Gasteiger partial charge in [-0.05, 0) is 30.7 Å². The first-order chi connectivity index (χ1) is 7.81.